The molecule has 0 radical (unpaired) electrons. The fourth-order valence-corrected chi connectivity index (χ4v) is 0.173. The summed E-state index contributed by atoms with van der Waals surface area (Å²) >= 11 is 0. The monoisotopic (exact) mass is 119 g/mol. The summed E-state index contributed by atoms with van der Waals surface area (Å²) < 4.78 is 11.5. The second kappa shape index (κ2) is 2.98. The second-order valence-corrected chi connectivity index (χ2v) is 1.07. The van der Waals surface area contributed by atoms with Crippen LogP contribution in [0.4, 0.5) is 4.39 Å². The number of hydrogen-bond donors (Lipinski definition) is 2. The van der Waals surface area contributed by atoms with Gasteiger partial charge < -0.3 is 5.73 Å². The van der Waals surface area contributed by atoms with Crippen molar-refractivity contribution >= 4 is 6.41 Å². The van der Waals surface area contributed by atoms with Gasteiger partial charge in [-0.25, -0.2) is 5.84 Å². The number of carbonyl (C=O) groups excluding carboxylic acids is 1. The normalized spacial score (nSPS) is 11.0. The first-order chi connectivity index (χ1) is 3.66. The lowest BCUT2D eigenvalue weighted by molar-refractivity contribution is -0.116. The zero-order chi connectivity index (χ0) is 6.57. The SMILES string of the molecule is N/C(F)=C\N(N)C=O. The molecular formula is C3H6FN3O. The molecule has 5 heteroatoms. The Bertz CT molecular complexity index is 109. The molecule has 0 aromatic heterocycles. The van der Waals surface area contributed by atoms with Gasteiger partial charge in [-0.05, 0) is 0 Å². The van der Waals surface area contributed by atoms with E-state index in [0.717, 1.165) is 0 Å². The van der Waals surface area contributed by atoms with E-state index in [4.69, 9.17) is 5.84 Å². The Kier molecular flexibility index (Phi) is 2.57. The zero-order valence-corrected chi connectivity index (χ0v) is 4.04. The quantitative estimate of drug-likeness (QED) is 0.162. The van der Waals surface area contributed by atoms with Crippen molar-refractivity contribution in [3.63, 3.8) is 0 Å². The summed E-state index contributed by atoms with van der Waals surface area (Å²) in [7, 11) is 0. The van der Waals surface area contributed by atoms with Crippen molar-refractivity contribution in [2.45, 2.75) is 0 Å². The maximum atomic E-state index is 11.5. The van der Waals surface area contributed by atoms with Crippen LogP contribution in [0.15, 0.2) is 12.2 Å². The average molecular weight is 119 g/mol. The van der Waals surface area contributed by atoms with Crippen LogP contribution in [0.2, 0.25) is 0 Å². The number of nitrogens with zero attached hydrogens (tertiary/aromatic N) is 1. The summed E-state index contributed by atoms with van der Waals surface area (Å²) in [6.45, 7) is 0. The van der Waals surface area contributed by atoms with E-state index in [1.807, 2.05) is 0 Å². The molecule has 0 unspecified atom stereocenters. The van der Waals surface area contributed by atoms with Crippen molar-refractivity contribution < 1.29 is 9.18 Å². The first kappa shape index (κ1) is 6.90. The minimum Gasteiger partial charge on any atom is -0.374 e. The summed E-state index contributed by atoms with van der Waals surface area (Å²) in [4.78, 5) is 9.57. The van der Waals surface area contributed by atoms with E-state index in [2.05, 4.69) is 5.73 Å². The molecule has 1 amide bonds. The average Bonchev–Trinajstić information content (AvgIpc) is 1.65. The molecular weight excluding hydrogens is 113 g/mol. The first-order valence-electron chi connectivity index (χ1n) is 1.78. The summed E-state index contributed by atoms with van der Waals surface area (Å²) in [5.41, 5.74) is 4.48. The van der Waals surface area contributed by atoms with Crippen molar-refractivity contribution in [3.05, 3.63) is 12.2 Å². The van der Waals surface area contributed by atoms with Gasteiger partial charge in [-0.15, -0.1) is 0 Å². The summed E-state index contributed by atoms with van der Waals surface area (Å²) in [6, 6.07) is 0. The van der Waals surface area contributed by atoms with Crippen molar-refractivity contribution in [1.82, 2.24) is 5.01 Å². The van der Waals surface area contributed by atoms with Gasteiger partial charge in [0.15, 0.2) is 0 Å². The number of carbonyl (C=O) groups is 1. The largest absolute Gasteiger partial charge is 0.374 e. The van der Waals surface area contributed by atoms with Gasteiger partial charge in [0.25, 0.3) is 0 Å². The highest BCUT2D eigenvalue weighted by molar-refractivity contribution is 5.47. The van der Waals surface area contributed by atoms with Gasteiger partial charge in [-0.1, -0.05) is 0 Å². The van der Waals surface area contributed by atoms with Gasteiger partial charge in [0.1, 0.15) is 0 Å². The highest BCUT2D eigenvalue weighted by Crippen LogP contribution is 1.82. The maximum absolute atomic E-state index is 11.5. The van der Waals surface area contributed by atoms with Crippen LogP contribution >= 0.6 is 0 Å². The fraction of sp³-hybridized carbons (Fsp3) is 0. The molecule has 0 aromatic carbocycles. The van der Waals surface area contributed by atoms with E-state index in [1.54, 1.807) is 0 Å². The maximum Gasteiger partial charge on any atom is 0.227 e. The van der Waals surface area contributed by atoms with Gasteiger partial charge in [-0.3, -0.25) is 9.80 Å². The summed E-state index contributed by atoms with van der Waals surface area (Å²) in [5.74, 6) is 3.74. The van der Waals surface area contributed by atoms with Crippen LogP contribution < -0.4 is 11.6 Å². The molecule has 4 N–H and O–H groups in total. The molecule has 0 fully saturated rings. The molecule has 0 bridgehead atoms. The second-order valence-electron chi connectivity index (χ2n) is 1.07. The van der Waals surface area contributed by atoms with Crippen LogP contribution in [0.1, 0.15) is 0 Å². The van der Waals surface area contributed by atoms with E-state index < -0.39 is 5.95 Å². The van der Waals surface area contributed by atoms with Gasteiger partial charge in [0.2, 0.25) is 12.4 Å². The van der Waals surface area contributed by atoms with E-state index in [9.17, 15) is 9.18 Å². The van der Waals surface area contributed by atoms with E-state index in [0.29, 0.717) is 11.2 Å². The van der Waals surface area contributed by atoms with Gasteiger partial charge >= 0.3 is 0 Å². The third-order valence-corrected chi connectivity index (χ3v) is 0.394. The molecule has 0 rings (SSSR count). The van der Waals surface area contributed by atoms with Crippen LogP contribution in [0.3, 0.4) is 0 Å². The fourth-order valence-electron chi connectivity index (χ4n) is 0.173. The lowest BCUT2D eigenvalue weighted by atomic mass is 10.8. The molecule has 46 valence electrons. The predicted octanol–water partition coefficient (Wildman–Crippen LogP) is -0.954. The van der Waals surface area contributed by atoms with E-state index in [-0.39, 0.29) is 6.41 Å². The molecule has 8 heavy (non-hydrogen) atoms. The molecule has 0 saturated heterocycles. The number of hydrazine groups is 1. The Hall–Kier alpha value is -1.10. The Balaban J connectivity index is 3.68. The Morgan fingerprint density at radius 2 is 2.25 bits per heavy atom. The van der Waals surface area contributed by atoms with E-state index in [1.165, 1.54) is 0 Å². The predicted molar refractivity (Wildman–Crippen MR) is 25.5 cm³/mol. The van der Waals surface area contributed by atoms with Crippen LogP contribution in [0.25, 0.3) is 0 Å². The minimum atomic E-state index is -1.00. The highest BCUT2D eigenvalue weighted by atomic mass is 19.1. The Morgan fingerprint density at radius 1 is 1.75 bits per heavy atom. The molecule has 0 saturated carbocycles. The van der Waals surface area contributed by atoms with Crippen molar-refractivity contribution in [1.29, 1.82) is 0 Å². The first-order valence-corrected chi connectivity index (χ1v) is 1.78. The number of rotatable bonds is 2. The zero-order valence-electron chi connectivity index (χ0n) is 4.04. The molecule has 4 nitrogen and oxygen atoms in total. The lowest BCUT2D eigenvalue weighted by Crippen LogP contribution is -2.23. The van der Waals surface area contributed by atoms with Gasteiger partial charge in [0.05, 0.1) is 6.20 Å². The molecule has 0 spiro atoms. The molecule has 0 aromatic rings. The molecule has 0 aliphatic heterocycles. The third-order valence-electron chi connectivity index (χ3n) is 0.394. The standard InChI is InChI=1S/C3H6FN3O/c4-3(5)1-7(6)2-8/h1-2H,5-6H2/b3-1-. The van der Waals surface area contributed by atoms with Crippen molar-refractivity contribution in [2.24, 2.45) is 11.6 Å². The number of nitrogens with two attached hydrogens (primary N) is 2. The highest BCUT2D eigenvalue weighted by Gasteiger charge is 1.86. The third kappa shape index (κ3) is 3.10. The molecule has 0 heterocycles. The molecule has 0 aliphatic carbocycles. The Labute approximate surface area is 45.5 Å². The molecule has 0 atom stereocenters. The smallest absolute Gasteiger partial charge is 0.227 e. The number of amides is 1. The van der Waals surface area contributed by atoms with Crippen molar-refractivity contribution in [2.75, 3.05) is 0 Å². The van der Waals surface area contributed by atoms with Gasteiger partial charge in [-0.2, -0.15) is 4.39 Å². The topological polar surface area (TPSA) is 72.3 Å². The minimum absolute atomic E-state index is 0.229. The number of halogens is 1. The summed E-state index contributed by atoms with van der Waals surface area (Å²) in [6.07, 6.45) is 0.888. The lowest BCUT2D eigenvalue weighted by Gasteiger charge is -1.98. The van der Waals surface area contributed by atoms with Crippen LogP contribution in [-0.4, -0.2) is 11.4 Å². The van der Waals surface area contributed by atoms with Crippen LogP contribution in [-0.2, 0) is 4.79 Å². The number of hydrogen-bond acceptors (Lipinski definition) is 3. The molecule has 0 aliphatic rings. The van der Waals surface area contributed by atoms with Gasteiger partial charge in [0, 0.05) is 0 Å². The summed E-state index contributed by atoms with van der Waals surface area (Å²) in [5, 5.41) is 0.481. The van der Waals surface area contributed by atoms with Crippen LogP contribution in [0, 0.1) is 0 Å². The van der Waals surface area contributed by atoms with E-state index >= 15 is 0 Å². The van der Waals surface area contributed by atoms with Crippen LogP contribution in [0.5, 0.6) is 0 Å². The van der Waals surface area contributed by atoms with Crippen molar-refractivity contribution in [3.8, 4) is 0 Å². The Morgan fingerprint density at radius 3 is 2.38 bits per heavy atom.